The maximum Gasteiger partial charge on any atom is 0.436 e. The summed E-state index contributed by atoms with van der Waals surface area (Å²) < 4.78 is 4.90. The standard InChI is InChI=1S/C23H28ClN5O4/c1-32-22(30)17-5-3-2-4-6-18(17)27-33-23(31)29-11-9-28(10-12-29)20-14-21(25)26-19-13-15(24)7-8-16(19)20/h7-8,13-14,17H,2-6,9-12H2,1H3,(H2,25,26)/b27-18+. The lowest BCUT2D eigenvalue weighted by molar-refractivity contribution is -0.143. The van der Waals surface area contributed by atoms with Crippen LogP contribution in [-0.4, -0.2) is 60.9 Å². The molecular formula is C23H28ClN5O4. The van der Waals surface area contributed by atoms with E-state index < -0.39 is 12.0 Å². The van der Waals surface area contributed by atoms with Crippen LogP contribution in [0.5, 0.6) is 0 Å². The zero-order valence-corrected chi connectivity index (χ0v) is 19.4. The lowest BCUT2D eigenvalue weighted by Gasteiger charge is -2.35. The molecule has 2 aliphatic rings. The molecule has 0 spiro atoms. The quantitative estimate of drug-likeness (QED) is 0.312. The number of nitrogen functional groups attached to an aromatic ring is 1. The van der Waals surface area contributed by atoms with Crippen molar-refractivity contribution in [1.82, 2.24) is 9.88 Å². The fourth-order valence-corrected chi connectivity index (χ4v) is 4.59. The van der Waals surface area contributed by atoms with Crippen LogP contribution < -0.4 is 10.6 Å². The third-order valence-electron chi connectivity index (χ3n) is 6.20. The Morgan fingerprint density at radius 1 is 1.15 bits per heavy atom. The molecule has 0 radical (unpaired) electrons. The van der Waals surface area contributed by atoms with E-state index in [1.807, 2.05) is 18.2 Å². The van der Waals surface area contributed by atoms with E-state index in [1.54, 1.807) is 11.0 Å². The molecule has 2 N–H and O–H groups in total. The maximum atomic E-state index is 12.6. The van der Waals surface area contributed by atoms with E-state index >= 15 is 0 Å². The van der Waals surface area contributed by atoms with E-state index in [0.29, 0.717) is 55.6 Å². The monoisotopic (exact) mass is 473 g/mol. The van der Waals surface area contributed by atoms with Gasteiger partial charge in [0.15, 0.2) is 0 Å². The summed E-state index contributed by atoms with van der Waals surface area (Å²) in [6.07, 6.45) is 3.63. The molecule has 176 valence electrons. The maximum absolute atomic E-state index is 12.6. The largest absolute Gasteiger partial charge is 0.469 e. The number of carbonyl (C=O) groups is 2. The van der Waals surface area contributed by atoms with E-state index in [4.69, 9.17) is 26.9 Å². The van der Waals surface area contributed by atoms with Gasteiger partial charge in [0.1, 0.15) is 5.82 Å². The highest BCUT2D eigenvalue weighted by Crippen LogP contribution is 2.30. The molecular weight excluding hydrogens is 446 g/mol. The first-order valence-corrected chi connectivity index (χ1v) is 11.6. The zero-order chi connectivity index (χ0) is 23.4. The van der Waals surface area contributed by atoms with Gasteiger partial charge in [-0.3, -0.25) is 9.63 Å². The highest BCUT2D eigenvalue weighted by atomic mass is 35.5. The van der Waals surface area contributed by atoms with Crippen LogP contribution in [0, 0.1) is 5.92 Å². The predicted molar refractivity (Wildman–Crippen MR) is 127 cm³/mol. The minimum atomic E-state index is -0.513. The number of anilines is 2. The summed E-state index contributed by atoms with van der Waals surface area (Å²) in [6, 6.07) is 7.39. The Kier molecular flexibility index (Phi) is 7.17. The van der Waals surface area contributed by atoms with Crippen LogP contribution in [0.15, 0.2) is 29.4 Å². The van der Waals surface area contributed by atoms with Crippen molar-refractivity contribution in [1.29, 1.82) is 0 Å². The molecule has 2 aromatic rings. The van der Waals surface area contributed by atoms with Gasteiger partial charge in [-0.05, 0) is 37.5 Å². The average Bonchev–Trinajstić information content (AvgIpc) is 3.07. The minimum absolute atomic E-state index is 0.328. The Balaban J connectivity index is 1.41. The van der Waals surface area contributed by atoms with Gasteiger partial charge in [0, 0.05) is 48.3 Å². The number of methoxy groups -OCH3 is 1. The molecule has 2 fully saturated rings. The van der Waals surface area contributed by atoms with Crippen molar-refractivity contribution < 1.29 is 19.2 Å². The molecule has 1 aromatic carbocycles. The van der Waals surface area contributed by atoms with E-state index in [1.165, 1.54) is 7.11 Å². The van der Waals surface area contributed by atoms with Crippen LogP contribution in [0.3, 0.4) is 0 Å². The normalized spacial score (nSPS) is 20.5. The molecule has 33 heavy (non-hydrogen) atoms. The average molecular weight is 474 g/mol. The number of ether oxygens (including phenoxy) is 1. The topological polar surface area (TPSA) is 110 Å². The van der Waals surface area contributed by atoms with Crippen LogP contribution in [0.2, 0.25) is 5.02 Å². The third-order valence-corrected chi connectivity index (χ3v) is 6.44. The van der Waals surface area contributed by atoms with E-state index in [2.05, 4.69) is 15.0 Å². The first-order valence-electron chi connectivity index (χ1n) is 11.2. The summed E-state index contributed by atoms with van der Waals surface area (Å²) in [5.41, 5.74) is 8.29. The fourth-order valence-electron chi connectivity index (χ4n) is 4.43. The van der Waals surface area contributed by atoms with Gasteiger partial charge in [0.05, 0.1) is 24.3 Å². The predicted octanol–water partition coefficient (Wildman–Crippen LogP) is 3.84. The van der Waals surface area contributed by atoms with Crippen LogP contribution in [0.4, 0.5) is 16.3 Å². The highest BCUT2D eigenvalue weighted by molar-refractivity contribution is 6.31. The number of nitrogens with zero attached hydrogens (tertiary/aromatic N) is 4. The number of piperazine rings is 1. The van der Waals surface area contributed by atoms with Gasteiger partial charge in [-0.25, -0.2) is 9.78 Å². The van der Waals surface area contributed by atoms with Crippen molar-refractivity contribution in [3.05, 3.63) is 29.3 Å². The summed E-state index contributed by atoms with van der Waals surface area (Å²) in [5.74, 6) is -0.354. The molecule has 1 saturated heterocycles. The first-order chi connectivity index (χ1) is 16.0. The first kappa shape index (κ1) is 23.1. The molecule has 1 aliphatic carbocycles. The molecule has 1 atom stereocenters. The molecule has 1 unspecified atom stereocenters. The SMILES string of the molecule is COC(=O)C1CCCCC/C1=N\OC(=O)N1CCN(c2cc(N)nc3cc(Cl)ccc23)CC1. The molecule has 9 nitrogen and oxygen atoms in total. The summed E-state index contributed by atoms with van der Waals surface area (Å²) in [7, 11) is 1.37. The molecule has 10 heteroatoms. The van der Waals surface area contributed by atoms with Gasteiger partial charge in [0.2, 0.25) is 0 Å². The van der Waals surface area contributed by atoms with Crippen molar-refractivity contribution in [3.8, 4) is 0 Å². The number of benzene rings is 1. The van der Waals surface area contributed by atoms with Crippen molar-refractivity contribution in [2.24, 2.45) is 11.1 Å². The minimum Gasteiger partial charge on any atom is -0.469 e. The summed E-state index contributed by atoms with van der Waals surface area (Å²) in [4.78, 5) is 38.1. The van der Waals surface area contributed by atoms with Gasteiger partial charge in [-0.15, -0.1) is 0 Å². The number of amides is 1. The second-order valence-corrected chi connectivity index (χ2v) is 8.75. The number of esters is 1. The van der Waals surface area contributed by atoms with Gasteiger partial charge in [-0.2, -0.15) is 0 Å². The zero-order valence-electron chi connectivity index (χ0n) is 18.6. The van der Waals surface area contributed by atoms with Crippen molar-refractivity contribution in [2.75, 3.05) is 43.9 Å². The Morgan fingerprint density at radius 2 is 1.94 bits per heavy atom. The Labute approximate surface area is 197 Å². The van der Waals surface area contributed by atoms with Gasteiger partial charge in [0.25, 0.3) is 0 Å². The smallest absolute Gasteiger partial charge is 0.436 e. The lowest BCUT2D eigenvalue weighted by Crippen LogP contribution is -2.48. The van der Waals surface area contributed by atoms with E-state index in [-0.39, 0.29) is 5.97 Å². The van der Waals surface area contributed by atoms with E-state index in [9.17, 15) is 9.59 Å². The van der Waals surface area contributed by atoms with Gasteiger partial charge < -0.3 is 20.3 Å². The van der Waals surface area contributed by atoms with Crippen molar-refractivity contribution >= 4 is 51.8 Å². The Morgan fingerprint density at radius 3 is 2.70 bits per heavy atom. The molecule has 0 bridgehead atoms. The lowest BCUT2D eigenvalue weighted by atomic mass is 9.98. The van der Waals surface area contributed by atoms with E-state index in [0.717, 1.165) is 35.9 Å². The number of hydrogen-bond acceptors (Lipinski definition) is 8. The van der Waals surface area contributed by atoms with Crippen molar-refractivity contribution in [3.63, 3.8) is 0 Å². The number of hydrogen-bond donors (Lipinski definition) is 1. The number of pyridine rings is 1. The number of oxime groups is 1. The summed E-state index contributed by atoms with van der Waals surface area (Å²) in [5, 5.41) is 5.64. The fraction of sp³-hybridized carbons (Fsp3) is 0.478. The molecule has 2 heterocycles. The number of carbonyl (C=O) groups excluding carboxylic acids is 2. The Bertz CT molecular complexity index is 1060. The number of nitrogens with two attached hydrogens (primary N) is 1. The molecule has 1 saturated carbocycles. The van der Waals surface area contributed by atoms with Crippen LogP contribution in [0.25, 0.3) is 10.9 Å². The highest BCUT2D eigenvalue weighted by Gasteiger charge is 2.29. The van der Waals surface area contributed by atoms with Crippen LogP contribution >= 0.6 is 11.6 Å². The molecule has 1 amide bonds. The Hall–Kier alpha value is -3.07. The third kappa shape index (κ3) is 5.30. The molecule has 1 aromatic heterocycles. The molecule has 4 rings (SSSR count). The second kappa shape index (κ2) is 10.2. The summed E-state index contributed by atoms with van der Waals surface area (Å²) >= 11 is 6.10. The van der Waals surface area contributed by atoms with Gasteiger partial charge >= 0.3 is 12.1 Å². The number of rotatable bonds is 3. The second-order valence-electron chi connectivity index (χ2n) is 8.32. The van der Waals surface area contributed by atoms with Crippen molar-refractivity contribution in [2.45, 2.75) is 32.1 Å². The number of halogens is 1. The summed E-state index contributed by atoms with van der Waals surface area (Å²) in [6.45, 7) is 2.16. The number of aromatic nitrogens is 1. The van der Waals surface area contributed by atoms with Gasteiger partial charge in [-0.1, -0.05) is 29.6 Å². The van der Waals surface area contributed by atoms with Crippen LogP contribution in [-0.2, 0) is 14.4 Å². The van der Waals surface area contributed by atoms with Crippen LogP contribution in [0.1, 0.15) is 32.1 Å². The number of fused-ring (bicyclic) bond motifs is 1. The molecule has 1 aliphatic heterocycles.